The highest BCUT2D eigenvalue weighted by molar-refractivity contribution is 5.19. The van der Waals surface area contributed by atoms with Crippen molar-refractivity contribution in [2.45, 2.75) is 32.2 Å². The second kappa shape index (κ2) is 6.18. The van der Waals surface area contributed by atoms with Gasteiger partial charge in [-0.05, 0) is 17.9 Å². The molecule has 2 rings (SSSR count). The Morgan fingerprint density at radius 1 is 1.35 bits per heavy atom. The Labute approximate surface area is 105 Å². The lowest BCUT2D eigenvalue weighted by molar-refractivity contribution is 0.189. The lowest BCUT2D eigenvalue weighted by Gasteiger charge is -2.34. The first-order valence-corrected chi connectivity index (χ1v) is 6.80. The van der Waals surface area contributed by atoms with Crippen LogP contribution in [0.25, 0.3) is 0 Å². The van der Waals surface area contributed by atoms with Gasteiger partial charge in [-0.25, -0.2) is 0 Å². The maximum atomic E-state index is 3.57. The van der Waals surface area contributed by atoms with Crippen molar-refractivity contribution >= 4 is 0 Å². The zero-order valence-corrected chi connectivity index (χ0v) is 11.0. The van der Waals surface area contributed by atoms with Gasteiger partial charge in [-0.2, -0.15) is 0 Å². The lowest BCUT2D eigenvalue weighted by Crippen LogP contribution is -2.51. The molecule has 1 fully saturated rings. The van der Waals surface area contributed by atoms with Crippen molar-refractivity contribution in [1.29, 1.82) is 0 Å². The minimum atomic E-state index is 0.631. The van der Waals surface area contributed by atoms with Crippen molar-refractivity contribution < 1.29 is 0 Å². The topological polar surface area (TPSA) is 15.3 Å². The molecule has 0 radical (unpaired) electrons. The average molecular weight is 232 g/mol. The van der Waals surface area contributed by atoms with E-state index in [-0.39, 0.29) is 0 Å². The maximum absolute atomic E-state index is 3.57. The summed E-state index contributed by atoms with van der Waals surface area (Å²) in [5.41, 5.74) is 1.46. The molecule has 17 heavy (non-hydrogen) atoms. The molecule has 2 heteroatoms. The van der Waals surface area contributed by atoms with Crippen molar-refractivity contribution in [3.8, 4) is 0 Å². The SMILES string of the molecule is CCC1CN(CC(C)c2ccccc2)CCN1. The normalized spacial score (nSPS) is 23.5. The standard InChI is InChI=1S/C15H24N2/c1-3-15-12-17(10-9-16-15)11-13(2)14-7-5-4-6-8-14/h4-8,13,15-16H,3,9-12H2,1-2H3. The van der Waals surface area contributed by atoms with Crippen LogP contribution in [0.4, 0.5) is 0 Å². The third-order valence-corrected chi connectivity index (χ3v) is 3.73. The van der Waals surface area contributed by atoms with Gasteiger partial charge in [-0.15, -0.1) is 0 Å². The van der Waals surface area contributed by atoms with Crippen LogP contribution in [0.15, 0.2) is 30.3 Å². The van der Waals surface area contributed by atoms with E-state index in [0.29, 0.717) is 12.0 Å². The van der Waals surface area contributed by atoms with Crippen LogP contribution in [0.5, 0.6) is 0 Å². The number of piperazine rings is 1. The summed E-state index contributed by atoms with van der Waals surface area (Å²) in [6, 6.07) is 11.5. The largest absolute Gasteiger partial charge is 0.311 e. The molecule has 94 valence electrons. The smallest absolute Gasteiger partial charge is 0.0192 e. The molecule has 0 aliphatic carbocycles. The third kappa shape index (κ3) is 3.55. The molecule has 1 N–H and O–H groups in total. The summed E-state index contributed by atoms with van der Waals surface area (Å²) in [6.45, 7) is 9.31. The summed E-state index contributed by atoms with van der Waals surface area (Å²) in [5.74, 6) is 0.631. The van der Waals surface area contributed by atoms with E-state index in [2.05, 4.69) is 54.4 Å². The molecular weight excluding hydrogens is 208 g/mol. The Hall–Kier alpha value is -0.860. The molecule has 0 aromatic heterocycles. The zero-order chi connectivity index (χ0) is 12.1. The van der Waals surface area contributed by atoms with Gasteiger partial charge >= 0.3 is 0 Å². The van der Waals surface area contributed by atoms with Crippen LogP contribution < -0.4 is 5.32 Å². The van der Waals surface area contributed by atoms with Crippen LogP contribution in [0.3, 0.4) is 0 Å². The number of nitrogens with one attached hydrogen (secondary N) is 1. The second-order valence-corrected chi connectivity index (χ2v) is 5.13. The summed E-state index contributed by atoms with van der Waals surface area (Å²) in [6.07, 6.45) is 1.23. The Balaban J connectivity index is 1.88. The molecule has 1 aromatic rings. The second-order valence-electron chi connectivity index (χ2n) is 5.13. The van der Waals surface area contributed by atoms with Gasteiger partial charge in [0, 0.05) is 32.2 Å². The first kappa shape index (κ1) is 12.6. The Morgan fingerprint density at radius 2 is 2.12 bits per heavy atom. The number of rotatable bonds is 4. The van der Waals surface area contributed by atoms with E-state index in [1.807, 2.05) is 0 Å². The zero-order valence-electron chi connectivity index (χ0n) is 11.0. The molecular formula is C15H24N2. The summed E-state index contributed by atoms with van der Waals surface area (Å²) in [4.78, 5) is 2.60. The van der Waals surface area contributed by atoms with Crippen LogP contribution >= 0.6 is 0 Å². The summed E-state index contributed by atoms with van der Waals surface area (Å²) >= 11 is 0. The molecule has 1 aromatic carbocycles. The van der Waals surface area contributed by atoms with E-state index in [1.54, 1.807) is 0 Å². The van der Waals surface area contributed by atoms with Gasteiger partial charge in [0.15, 0.2) is 0 Å². The van der Waals surface area contributed by atoms with Crippen molar-refractivity contribution in [1.82, 2.24) is 10.2 Å². The molecule has 1 aliphatic heterocycles. The molecule has 1 saturated heterocycles. The fourth-order valence-corrected chi connectivity index (χ4v) is 2.61. The molecule has 0 saturated carbocycles. The Morgan fingerprint density at radius 3 is 2.82 bits per heavy atom. The highest BCUT2D eigenvalue weighted by Gasteiger charge is 2.19. The van der Waals surface area contributed by atoms with Gasteiger partial charge in [0.25, 0.3) is 0 Å². The van der Waals surface area contributed by atoms with Crippen molar-refractivity contribution in [3.05, 3.63) is 35.9 Å². The van der Waals surface area contributed by atoms with Crippen LogP contribution in [0.2, 0.25) is 0 Å². The van der Waals surface area contributed by atoms with E-state index >= 15 is 0 Å². The Kier molecular flexibility index (Phi) is 4.57. The number of benzene rings is 1. The molecule has 1 aliphatic rings. The fourth-order valence-electron chi connectivity index (χ4n) is 2.61. The lowest BCUT2D eigenvalue weighted by atomic mass is 10.00. The quantitative estimate of drug-likeness (QED) is 0.858. The number of nitrogens with zero attached hydrogens (tertiary/aromatic N) is 1. The predicted molar refractivity (Wildman–Crippen MR) is 73.4 cm³/mol. The monoisotopic (exact) mass is 232 g/mol. The van der Waals surface area contributed by atoms with E-state index in [4.69, 9.17) is 0 Å². The molecule has 0 spiro atoms. The highest BCUT2D eigenvalue weighted by atomic mass is 15.2. The van der Waals surface area contributed by atoms with Crippen molar-refractivity contribution in [3.63, 3.8) is 0 Å². The molecule has 0 amide bonds. The minimum absolute atomic E-state index is 0.631. The van der Waals surface area contributed by atoms with Gasteiger partial charge in [-0.1, -0.05) is 44.2 Å². The van der Waals surface area contributed by atoms with Gasteiger partial charge in [0.05, 0.1) is 0 Å². The number of hydrogen-bond donors (Lipinski definition) is 1. The predicted octanol–water partition coefficient (Wildman–Crippen LogP) is 2.47. The van der Waals surface area contributed by atoms with Gasteiger partial charge in [0.1, 0.15) is 0 Å². The van der Waals surface area contributed by atoms with Gasteiger partial charge in [-0.3, -0.25) is 4.90 Å². The van der Waals surface area contributed by atoms with Crippen molar-refractivity contribution in [2.24, 2.45) is 0 Å². The molecule has 0 bridgehead atoms. The van der Waals surface area contributed by atoms with E-state index in [0.717, 1.165) is 6.54 Å². The minimum Gasteiger partial charge on any atom is -0.311 e. The first-order valence-electron chi connectivity index (χ1n) is 6.80. The number of hydrogen-bond acceptors (Lipinski definition) is 2. The average Bonchev–Trinajstić information content (AvgIpc) is 2.40. The van der Waals surface area contributed by atoms with E-state index in [9.17, 15) is 0 Å². The van der Waals surface area contributed by atoms with Gasteiger partial charge < -0.3 is 5.32 Å². The maximum Gasteiger partial charge on any atom is 0.0192 e. The molecule has 1 heterocycles. The fraction of sp³-hybridized carbons (Fsp3) is 0.600. The van der Waals surface area contributed by atoms with Gasteiger partial charge in [0.2, 0.25) is 0 Å². The summed E-state index contributed by atoms with van der Waals surface area (Å²) in [5, 5.41) is 3.57. The molecule has 2 unspecified atom stereocenters. The van der Waals surface area contributed by atoms with E-state index < -0.39 is 0 Å². The van der Waals surface area contributed by atoms with E-state index in [1.165, 1.54) is 31.6 Å². The Bertz CT molecular complexity index is 323. The van der Waals surface area contributed by atoms with Crippen LogP contribution in [-0.2, 0) is 0 Å². The summed E-state index contributed by atoms with van der Waals surface area (Å²) < 4.78 is 0. The molecule has 2 atom stereocenters. The highest BCUT2D eigenvalue weighted by Crippen LogP contribution is 2.17. The van der Waals surface area contributed by atoms with Crippen molar-refractivity contribution in [2.75, 3.05) is 26.2 Å². The van der Waals surface area contributed by atoms with Crippen LogP contribution in [0, 0.1) is 0 Å². The summed E-state index contributed by atoms with van der Waals surface area (Å²) in [7, 11) is 0. The van der Waals surface area contributed by atoms with Crippen LogP contribution in [0.1, 0.15) is 31.7 Å². The third-order valence-electron chi connectivity index (χ3n) is 3.73. The molecule has 2 nitrogen and oxygen atoms in total. The first-order chi connectivity index (χ1) is 8.29. The van der Waals surface area contributed by atoms with Crippen LogP contribution in [-0.4, -0.2) is 37.1 Å².